The van der Waals surface area contributed by atoms with Gasteiger partial charge in [-0.2, -0.15) is 8.61 Å². The monoisotopic (exact) mass is 567 g/mol. The van der Waals surface area contributed by atoms with Gasteiger partial charge in [0, 0.05) is 49.9 Å². The third kappa shape index (κ3) is 5.54. The van der Waals surface area contributed by atoms with E-state index in [1.54, 1.807) is 41.8 Å². The fourth-order valence-electron chi connectivity index (χ4n) is 6.33. The third-order valence-corrected chi connectivity index (χ3v) is 12.5. The number of aryl methyl sites for hydroxylation is 1. The minimum atomic E-state index is -3.75. The topological polar surface area (TPSA) is 96.9 Å². The van der Waals surface area contributed by atoms with E-state index in [-0.39, 0.29) is 39.9 Å². The van der Waals surface area contributed by atoms with Crippen molar-refractivity contribution in [2.45, 2.75) is 87.4 Å². The number of aromatic nitrogens is 1. The van der Waals surface area contributed by atoms with Gasteiger partial charge in [0.1, 0.15) is 16.7 Å². The zero-order valence-electron chi connectivity index (χ0n) is 21.0. The summed E-state index contributed by atoms with van der Waals surface area (Å²) in [6, 6.07) is 8.44. The molecule has 3 aliphatic rings. The van der Waals surface area contributed by atoms with E-state index in [2.05, 4.69) is 4.98 Å². The second-order valence-electron chi connectivity index (χ2n) is 10.4. The summed E-state index contributed by atoms with van der Waals surface area (Å²) in [6.45, 7) is 2.18. The van der Waals surface area contributed by atoms with Crippen LogP contribution >= 0.6 is 11.6 Å². The van der Waals surface area contributed by atoms with E-state index in [0.29, 0.717) is 37.8 Å². The number of ether oxygens (including phenoxy) is 1. The van der Waals surface area contributed by atoms with Crippen molar-refractivity contribution in [3.8, 4) is 5.75 Å². The number of fused-ring (bicyclic) bond motifs is 2. The lowest BCUT2D eigenvalue weighted by Gasteiger charge is -2.38. The summed E-state index contributed by atoms with van der Waals surface area (Å²) in [5, 5.41) is 0.222. The van der Waals surface area contributed by atoms with Crippen LogP contribution < -0.4 is 4.74 Å². The van der Waals surface area contributed by atoms with Crippen LogP contribution in [0.2, 0.25) is 5.02 Å². The summed E-state index contributed by atoms with van der Waals surface area (Å²) in [5.41, 5.74) is 0.618. The van der Waals surface area contributed by atoms with Gasteiger partial charge in [0.15, 0.2) is 0 Å². The molecule has 37 heavy (non-hydrogen) atoms. The summed E-state index contributed by atoms with van der Waals surface area (Å²) >= 11 is 6.28. The molecule has 2 aromatic rings. The Balaban J connectivity index is 1.20. The van der Waals surface area contributed by atoms with Crippen molar-refractivity contribution < 1.29 is 21.6 Å². The predicted octanol–water partition coefficient (Wildman–Crippen LogP) is 4.38. The van der Waals surface area contributed by atoms with E-state index in [9.17, 15) is 16.8 Å². The number of sulfonamides is 2. The number of piperidine rings is 1. The molecule has 11 heteroatoms. The molecule has 8 nitrogen and oxygen atoms in total. The zero-order valence-corrected chi connectivity index (χ0v) is 23.4. The molecule has 0 saturated carbocycles. The van der Waals surface area contributed by atoms with Crippen LogP contribution in [0.3, 0.4) is 0 Å². The van der Waals surface area contributed by atoms with Crippen LogP contribution in [0.15, 0.2) is 47.6 Å². The molecule has 0 N–H and O–H groups in total. The summed E-state index contributed by atoms with van der Waals surface area (Å²) < 4.78 is 63.1. The molecule has 3 aliphatic heterocycles. The Morgan fingerprint density at radius 2 is 1.73 bits per heavy atom. The molecular formula is C26H34ClN3O5S2. The summed E-state index contributed by atoms with van der Waals surface area (Å²) in [4.78, 5) is 4.17. The molecule has 2 bridgehead atoms. The highest BCUT2D eigenvalue weighted by Gasteiger charge is 2.47. The van der Waals surface area contributed by atoms with Crippen LogP contribution in [-0.4, -0.2) is 67.0 Å². The summed E-state index contributed by atoms with van der Waals surface area (Å²) in [5.74, 6) is 0.796. The highest BCUT2D eigenvalue weighted by Crippen LogP contribution is 2.40. The third-order valence-electron chi connectivity index (χ3n) is 7.89. The van der Waals surface area contributed by atoms with Gasteiger partial charge >= 0.3 is 0 Å². The van der Waals surface area contributed by atoms with Gasteiger partial charge in [-0.25, -0.2) is 16.8 Å². The lowest BCUT2D eigenvalue weighted by Crippen LogP contribution is -2.50. The molecule has 4 atom stereocenters. The maximum atomic E-state index is 13.4. The second kappa shape index (κ2) is 10.8. The van der Waals surface area contributed by atoms with Crippen molar-refractivity contribution in [1.82, 2.24) is 13.6 Å². The van der Waals surface area contributed by atoms with Gasteiger partial charge in [-0.15, -0.1) is 0 Å². The van der Waals surface area contributed by atoms with Gasteiger partial charge in [-0.1, -0.05) is 23.7 Å². The molecule has 1 aromatic carbocycles. The molecule has 5 rings (SSSR count). The first-order chi connectivity index (χ1) is 17.7. The summed E-state index contributed by atoms with van der Waals surface area (Å²) in [7, 11) is -7.20. The molecule has 1 aromatic heterocycles. The Kier molecular flexibility index (Phi) is 7.85. The maximum absolute atomic E-state index is 13.4. The normalized spacial score (nSPS) is 27.0. The lowest BCUT2D eigenvalue weighted by molar-refractivity contribution is 0.0956. The molecule has 0 unspecified atom stereocenters. The van der Waals surface area contributed by atoms with Crippen molar-refractivity contribution in [2.24, 2.45) is 0 Å². The number of hydrogen-bond acceptors (Lipinski definition) is 6. The number of rotatable bonds is 9. The Bertz CT molecular complexity index is 1290. The molecule has 0 aliphatic carbocycles. The van der Waals surface area contributed by atoms with Crippen molar-refractivity contribution >= 4 is 31.6 Å². The van der Waals surface area contributed by atoms with Crippen LogP contribution in [-0.2, 0) is 20.0 Å². The van der Waals surface area contributed by atoms with Crippen LogP contribution in [0.1, 0.15) is 56.9 Å². The average molecular weight is 568 g/mol. The molecule has 4 heterocycles. The number of benzene rings is 1. The van der Waals surface area contributed by atoms with Crippen LogP contribution in [0.4, 0.5) is 0 Å². The largest absolute Gasteiger partial charge is 0.490 e. The fourth-order valence-corrected chi connectivity index (χ4v) is 10.9. The number of pyridine rings is 1. The second-order valence-corrected chi connectivity index (χ2v) is 14.6. The van der Waals surface area contributed by atoms with Gasteiger partial charge in [0.25, 0.3) is 0 Å². The number of hydrogen-bond donors (Lipinski definition) is 0. The first kappa shape index (κ1) is 26.9. The highest BCUT2D eigenvalue weighted by atomic mass is 35.5. The number of halogens is 1. The zero-order chi connectivity index (χ0) is 26.2. The van der Waals surface area contributed by atoms with E-state index in [1.165, 1.54) is 4.31 Å². The van der Waals surface area contributed by atoms with Crippen LogP contribution in [0, 0.1) is 6.92 Å². The number of nitrogens with zero attached hydrogens (tertiary/aromatic N) is 3. The van der Waals surface area contributed by atoms with Crippen LogP contribution in [0.25, 0.3) is 0 Å². The average Bonchev–Trinajstić information content (AvgIpc) is 3.43. The minimum Gasteiger partial charge on any atom is -0.490 e. The molecule has 3 fully saturated rings. The molecule has 0 amide bonds. The Hall–Kier alpha value is -1.72. The Labute approximate surface area is 225 Å². The molecule has 0 spiro atoms. The molecular weight excluding hydrogens is 534 g/mol. The van der Waals surface area contributed by atoms with E-state index in [4.69, 9.17) is 16.3 Å². The van der Waals surface area contributed by atoms with Crippen molar-refractivity contribution in [3.05, 3.63) is 53.3 Å². The maximum Gasteiger partial charge on any atom is 0.245 e. The van der Waals surface area contributed by atoms with Gasteiger partial charge in [-0.3, -0.25) is 4.98 Å². The van der Waals surface area contributed by atoms with Crippen molar-refractivity contribution in [2.75, 3.05) is 12.3 Å². The van der Waals surface area contributed by atoms with Gasteiger partial charge < -0.3 is 4.74 Å². The fraction of sp³-hybridized carbons (Fsp3) is 0.577. The van der Waals surface area contributed by atoms with E-state index >= 15 is 0 Å². The summed E-state index contributed by atoms with van der Waals surface area (Å²) in [6.07, 6.45) is 8.88. The van der Waals surface area contributed by atoms with Crippen molar-refractivity contribution in [1.29, 1.82) is 0 Å². The molecule has 3 saturated heterocycles. The first-order valence-electron chi connectivity index (χ1n) is 13.0. The first-order valence-corrected chi connectivity index (χ1v) is 16.4. The van der Waals surface area contributed by atoms with Gasteiger partial charge in [0.2, 0.25) is 20.0 Å². The van der Waals surface area contributed by atoms with Gasteiger partial charge in [-0.05, 0) is 69.2 Å². The van der Waals surface area contributed by atoms with Gasteiger partial charge in [0.05, 0.1) is 10.8 Å². The van der Waals surface area contributed by atoms with Crippen molar-refractivity contribution in [3.63, 3.8) is 0 Å². The van der Waals surface area contributed by atoms with E-state index < -0.39 is 20.0 Å². The Morgan fingerprint density at radius 3 is 2.41 bits per heavy atom. The minimum absolute atomic E-state index is 0.00290. The highest BCUT2D eigenvalue weighted by molar-refractivity contribution is 7.89. The Morgan fingerprint density at radius 1 is 1.03 bits per heavy atom. The quantitative estimate of drug-likeness (QED) is 0.446. The SMILES string of the molecule is Cc1cccc(Cl)c1S(=O)(=O)N1CCC[C@H]1CCCS(=O)(=O)N1[C@@H]2CC[C@H]1C[C@@H](Oc1ccncc1)C2. The standard InChI is InChI=1S/C26H34ClN3O5S2/c1-19-5-2-8-25(27)26(19)37(33,34)29-15-3-6-20(29)7-4-16-36(31,32)30-21-9-10-22(30)18-24(17-21)35-23-11-13-28-14-12-23/h2,5,8,11-14,20-22,24H,3-4,6-7,9-10,15-18H2,1H3/t20-,21-,22+,24+/m0/s1. The van der Waals surface area contributed by atoms with Crippen LogP contribution in [0.5, 0.6) is 5.75 Å². The smallest absolute Gasteiger partial charge is 0.245 e. The van der Waals surface area contributed by atoms with E-state index in [0.717, 1.165) is 31.4 Å². The van der Waals surface area contributed by atoms with E-state index in [1.807, 2.05) is 12.1 Å². The lowest BCUT2D eigenvalue weighted by atomic mass is 10.0. The predicted molar refractivity (Wildman–Crippen MR) is 143 cm³/mol. The molecule has 202 valence electrons. The molecule has 0 radical (unpaired) electrons.